The lowest BCUT2D eigenvalue weighted by Crippen LogP contribution is -2.46. The minimum absolute atomic E-state index is 0.0505. The van der Waals surface area contributed by atoms with E-state index < -0.39 is 0 Å². The van der Waals surface area contributed by atoms with Crippen LogP contribution >= 0.6 is 0 Å². The van der Waals surface area contributed by atoms with Gasteiger partial charge in [0.1, 0.15) is 11.5 Å². The molecule has 2 fully saturated rings. The van der Waals surface area contributed by atoms with Crippen LogP contribution in [0.3, 0.4) is 0 Å². The molecule has 2 unspecified atom stereocenters. The van der Waals surface area contributed by atoms with Gasteiger partial charge in [0.25, 0.3) is 5.91 Å². The van der Waals surface area contributed by atoms with Crippen LogP contribution < -0.4 is 10.6 Å². The van der Waals surface area contributed by atoms with Gasteiger partial charge in [-0.1, -0.05) is 12.1 Å². The van der Waals surface area contributed by atoms with Crippen LogP contribution in [-0.2, 0) is 4.79 Å². The predicted molar refractivity (Wildman–Crippen MR) is 106 cm³/mol. The molecule has 2 N–H and O–H groups in total. The Bertz CT molecular complexity index is 877. The van der Waals surface area contributed by atoms with Gasteiger partial charge in [0.15, 0.2) is 5.69 Å². The van der Waals surface area contributed by atoms with E-state index in [4.69, 9.17) is 0 Å². The Kier molecular flexibility index (Phi) is 5.89. The zero-order valence-electron chi connectivity index (χ0n) is 16.3. The zero-order chi connectivity index (χ0) is 20.2. The van der Waals surface area contributed by atoms with Crippen LogP contribution in [0.4, 0.5) is 4.39 Å². The molecule has 0 bridgehead atoms. The number of carbonyl (C=O) groups excluding carboxylic acids is 2. The summed E-state index contributed by atoms with van der Waals surface area (Å²) in [4.78, 5) is 26.9. The fourth-order valence-corrected chi connectivity index (χ4v) is 4.06. The van der Waals surface area contributed by atoms with Crippen molar-refractivity contribution >= 4 is 11.8 Å². The molecule has 0 spiro atoms. The number of rotatable bonds is 5. The van der Waals surface area contributed by atoms with Crippen molar-refractivity contribution in [3.8, 4) is 5.69 Å². The van der Waals surface area contributed by atoms with E-state index in [1.54, 1.807) is 35.4 Å². The predicted octanol–water partition coefficient (Wildman–Crippen LogP) is 1.73. The Morgan fingerprint density at radius 1 is 1.21 bits per heavy atom. The summed E-state index contributed by atoms with van der Waals surface area (Å²) in [7, 11) is 0. The maximum atomic E-state index is 14.0. The van der Waals surface area contributed by atoms with Crippen LogP contribution in [0.5, 0.6) is 0 Å². The van der Waals surface area contributed by atoms with Crippen LogP contribution in [0.1, 0.15) is 36.2 Å². The summed E-state index contributed by atoms with van der Waals surface area (Å²) in [5.74, 6) is -0.269. The number of nitrogens with one attached hydrogen (secondary N) is 2. The van der Waals surface area contributed by atoms with Gasteiger partial charge in [-0.2, -0.15) is 5.10 Å². The number of carbonyl (C=O) groups is 2. The molecule has 2 aromatic rings. The van der Waals surface area contributed by atoms with Crippen LogP contribution in [-0.4, -0.2) is 58.7 Å². The largest absolute Gasteiger partial charge is 0.354 e. The number of piperidine rings is 1. The second-order valence-electron chi connectivity index (χ2n) is 7.75. The molecule has 2 amide bonds. The van der Waals surface area contributed by atoms with Crippen molar-refractivity contribution in [2.24, 2.45) is 5.92 Å². The van der Waals surface area contributed by atoms with Crippen molar-refractivity contribution in [1.82, 2.24) is 25.3 Å². The van der Waals surface area contributed by atoms with Gasteiger partial charge in [0.2, 0.25) is 5.91 Å². The van der Waals surface area contributed by atoms with Crippen molar-refractivity contribution in [2.45, 2.75) is 31.7 Å². The molecule has 8 heteroatoms. The molecule has 2 atom stereocenters. The summed E-state index contributed by atoms with van der Waals surface area (Å²) in [5, 5.41) is 10.5. The summed E-state index contributed by atoms with van der Waals surface area (Å²) >= 11 is 0. The van der Waals surface area contributed by atoms with E-state index in [2.05, 4.69) is 15.7 Å². The van der Waals surface area contributed by atoms with Crippen LogP contribution in [0, 0.1) is 11.7 Å². The van der Waals surface area contributed by atoms with Crippen molar-refractivity contribution < 1.29 is 14.0 Å². The number of hydrogen-bond donors (Lipinski definition) is 2. The highest BCUT2D eigenvalue weighted by atomic mass is 19.1. The molecule has 4 rings (SSSR count). The number of halogens is 1. The summed E-state index contributed by atoms with van der Waals surface area (Å²) in [6.07, 6.45) is 5.38. The first-order chi connectivity index (χ1) is 14.1. The van der Waals surface area contributed by atoms with E-state index in [1.165, 1.54) is 10.7 Å². The number of amides is 2. The molecule has 7 nitrogen and oxygen atoms in total. The average molecular weight is 399 g/mol. The molecule has 0 aliphatic carbocycles. The van der Waals surface area contributed by atoms with Crippen molar-refractivity contribution in [3.05, 3.63) is 48.0 Å². The maximum absolute atomic E-state index is 14.0. The second kappa shape index (κ2) is 8.73. The molecular formula is C21H26FN5O2. The first-order valence-electron chi connectivity index (χ1n) is 10.2. The quantitative estimate of drug-likeness (QED) is 0.803. The Morgan fingerprint density at radius 3 is 2.86 bits per heavy atom. The normalized spacial score (nSPS) is 21.9. The summed E-state index contributed by atoms with van der Waals surface area (Å²) < 4.78 is 15.3. The van der Waals surface area contributed by atoms with Gasteiger partial charge < -0.3 is 15.5 Å². The third-order valence-corrected chi connectivity index (χ3v) is 5.66. The highest BCUT2D eigenvalue weighted by Crippen LogP contribution is 2.19. The van der Waals surface area contributed by atoms with E-state index in [1.807, 2.05) is 0 Å². The fraction of sp³-hybridized carbons (Fsp3) is 0.476. The molecule has 1 aromatic carbocycles. The smallest absolute Gasteiger partial charge is 0.274 e. The van der Waals surface area contributed by atoms with Crippen LogP contribution in [0.15, 0.2) is 36.5 Å². The lowest BCUT2D eigenvalue weighted by Gasteiger charge is -2.32. The number of likely N-dealkylation sites (tertiary alicyclic amines) is 1. The molecule has 0 saturated carbocycles. The van der Waals surface area contributed by atoms with E-state index in [9.17, 15) is 14.0 Å². The first kappa shape index (κ1) is 19.6. The Morgan fingerprint density at radius 2 is 2.07 bits per heavy atom. The van der Waals surface area contributed by atoms with Crippen molar-refractivity contribution in [2.75, 3.05) is 26.2 Å². The number of hydrogen-bond acceptors (Lipinski definition) is 4. The second-order valence-corrected chi connectivity index (χ2v) is 7.75. The van der Waals surface area contributed by atoms with Crippen molar-refractivity contribution in [1.29, 1.82) is 0 Å². The lowest BCUT2D eigenvalue weighted by molar-refractivity contribution is -0.123. The number of nitrogens with zero attached hydrogens (tertiary/aromatic N) is 3. The van der Waals surface area contributed by atoms with E-state index in [-0.39, 0.29) is 29.6 Å². The fourth-order valence-electron chi connectivity index (χ4n) is 4.06. The summed E-state index contributed by atoms with van der Waals surface area (Å²) in [6, 6.07) is 7.86. The van der Waals surface area contributed by atoms with Gasteiger partial charge in [0.05, 0.1) is 6.04 Å². The van der Waals surface area contributed by atoms with Gasteiger partial charge >= 0.3 is 0 Å². The van der Waals surface area contributed by atoms with E-state index in [0.717, 1.165) is 32.2 Å². The zero-order valence-corrected chi connectivity index (χ0v) is 16.3. The van der Waals surface area contributed by atoms with Gasteiger partial charge in [0, 0.05) is 25.8 Å². The van der Waals surface area contributed by atoms with Gasteiger partial charge in [-0.05, 0) is 56.3 Å². The highest BCUT2D eigenvalue weighted by Gasteiger charge is 2.27. The Labute approximate surface area is 169 Å². The molecule has 1 aromatic heterocycles. The molecule has 3 heterocycles. The summed E-state index contributed by atoms with van der Waals surface area (Å²) in [6.45, 7) is 2.72. The molecular weight excluding hydrogens is 373 g/mol. The number of benzene rings is 1. The Hall–Kier alpha value is -2.74. The molecule has 154 valence electrons. The van der Waals surface area contributed by atoms with E-state index >= 15 is 0 Å². The van der Waals surface area contributed by atoms with Gasteiger partial charge in [-0.15, -0.1) is 0 Å². The van der Waals surface area contributed by atoms with Crippen LogP contribution in [0.2, 0.25) is 0 Å². The monoisotopic (exact) mass is 399 g/mol. The molecule has 29 heavy (non-hydrogen) atoms. The number of aromatic nitrogens is 2. The van der Waals surface area contributed by atoms with E-state index in [0.29, 0.717) is 31.0 Å². The molecule has 2 saturated heterocycles. The molecule has 2 aliphatic heterocycles. The minimum Gasteiger partial charge on any atom is -0.354 e. The highest BCUT2D eigenvalue weighted by molar-refractivity contribution is 5.92. The maximum Gasteiger partial charge on any atom is 0.274 e. The number of para-hydroxylation sites is 1. The molecule has 0 radical (unpaired) electrons. The minimum atomic E-state index is -0.389. The first-order valence-corrected chi connectivity index (χ1v) is 10.2. The summed E-state index contributed by atoms with van der Waals surface area (Å²) in [5.41, 5.74) is 0.611. The van der Waals surface area contributed by atoms with Crippen molar-refractivity contribution in [3.63, 3.8) is 0 Å². The lowest BCUT2D eigenvalue weighted by atomic mass is 9.97. The SMILES string of the molecule is O=C(NCC1CCCN(C(=O)c2ccn(-c3ccccc3F)n2)C1)C1CCCN1. The Balaban J connectivity index is 1.35. The third kappa shape index (κ3) is 4.48. The van der Waals surface area contributed by atoms with Crippen LogP contribution in [0.25, 0.3) is 5.69 Å². The van der Waals surface area contributed by atoms with Gasteiger partial charge in [-0.3, -0.25) is 9.59 Å². The molecule has 2 aliphatic rings. The third-order valence-electron chi connectivity index (χ3n) is 5.66. The topological polar surface area (TPSA) is 79.3 Å². The standard InChI is InChI=1S/C21H26FN5O2/c22-16-6-1-2-8-19(16)27-12-9-18(25-27)21(29)26-11-4-5-15(14-26)13-24-20(28)17-7-3-10-23-17/h1-2,6,8-9,12,15,17,23H,3-5,7,10-11,13-14H2,(H,24,28). The average Bonchev–Trinajstić information content (AvgIpc) is 3.44. The van der Waals surface area contributed by atoms with Gasteiger partial charge in [-0.25, -0.2) is 9.07 Å².